The third-order valence-electron chi connectivity index (χ3n) is 2.74. The Morgan fingerprint density at radius 3 is 2.88 bits per heavy atom. The van der Waals surface area contributed by atoms with Crippen LogP contribution >= 0.6 is 0 Å². The van der Waals surface area contributed by atoms with E-state index >= 15 is 0 Å². The SMILES string of the molecule is C=Cc1ccc(C(N)=O)c(C2COCCO2)c1. The zero-order valence-electron chi connectivity index (χ0n) is 9.52. The van der Waals surface area contributed by atoms with Crippen LogP contribution in [0.3, 0.4) is 0 Å². The van der Waals surface area contributed by atoms with Gasteiger partial charge in [0, 0.05) is 5.56 Å². The van der Waals surface area contributed by atoms with E-state index < -0.39 is 5.91 Å². The normalized spacial score (nSPS) is 19.9. The number of ether oxygens (including phenoxy) is 2. The lowest BCUT2D eigenvalue weighted by atomic mass is 9.98. The molecule has 90 valence electrons. The zero-order valence-corrected chi connectivity index (χ0v) is 9.52. The first-order valence-corrected chi connectivity index (χ1v) is 5.48. The quantitative estimate of drug-likeness (QED) is 0.860. The van der Waals surface area contributed by atoms with Crippen LogP contribution in [0.25, 0.3) is 6.08 Å². The predicted octanol–water partition coefficient (Wildman–Crippen LogP) is 1.52. The first-order valence-electron chi connectivity index (χ1n) is 5.48. The Labute approximate surface area is 100 Å². The van der Waals surface area contributed by atoms with Gasteiger partial charge in [0.1, 0.15) is 6.10 Å². The van der Waals surface area contributed by atoms with E-state index in [0.717, 1.165) is 11.1 Å². The lowest BCUT2D eigenvalue weighted by Gasteiger charge is -2.24. The molecule has 1 aromatic carbocycles. The molecule has 17 heavy (non-hydrogen) atoms. The molecule has 1 fully saturated rings. The van der Waals surface area contributed by atoms with Gasteiger partial charge >= 0.3 is 0 Å². The number of hydrogen-bond acceptors (Lipinski definition) is 3. The summed E-state index contributed by atoms with van der Waals surface area (Å²) in [4.78, 5) is 11.4. The molecular weight excluding hydrogens is 218 g/mol. The first kappa shape index (κ1) is 11.8. The number of amides is 1. The summed E-state index contributed by atoms with van der Waals surface area (Å²) in [5.41, 5.74) is 7.53. The molecule has 4 nitrogen and oxygen atoms in total. The molecule has 0 bridgehead atoms. The molecule has 1 atom stereocenters. The molecule has 2 rings (SSSR count). The predicted molar refractivity (Wildman–Crippen MR) is 64.6 cm³/mol. The van der Waals surface area contributed by atoms with E-state index in [1.165, 1.54) is 0 Å². The summed E-state index contributed by atoms with van der Waals surface area (Å²) in [6.07, 6.45) is 1.49. The summed E-state index contributed by atoms with van der Waals surface area (Å²) in [7, 11) is 0. The Hall–Kier alpha value is -1.65. The second-order valence-electron chi connectivity index (χ2n) is 3.85. The molecule has 0 saturated carbocycles. The van der Waals surface area contributed by atoms with E-state index in [1.54, 1.807) is 18.2 Å². The minimum absolute atomic E-state index is 0.230. The van der Waals surface area contributed by atoms with Crippen LogP contribution in [0.2, 0.25) is 0 Å². The highest BCUT2D eigenvalue weighted by Crippen LogP contribution is 2.25. The molecule has 1 amide bonds. The third-order valence-corrected chi connectivity index (χ3v) is 2.74. The molecule has 1 unspecified atom stereocenters. The average Bonchev–Trinajstić information content (AvgIpc) is 2.39. The molecular formula is C13H15NO3. The Morgan fingerprint density at radius 1 is 1.47 bits per heavy atom. The standard InChI is InChI=1S/C13H15NO3/c1-2-9-3-4-10(13(14)15)11(7-9)12-8-16-5-6-17-12/h2-4,7,12H,1,5-6,8H2,(H2,14,15). The molecule has 1 aliphatic heterocycles. The second-order valence-corrected chi connectivity index (χ2v) is 3.85. The van der Waals surface area contributed by atoms with Gasteiger partial charge in [-0.2, -0.15) is 0 Å². The summed E-state index contributed by atoms with van der Waals surface area (Å²) >= 11 is 0. The second kappa shape index (κ2) is 5.12. The van der Waals surface area contributed by atoms with Gasteiger partial charge in [-0.3, -0.25) is 4.79 Å². The van der Waals surface area contributed by atoms with Crippen molar-refractivity contribution in [2.45, 2.75) is 6.10 Å². The number of primary amides is 1. The number of carbonyl (C=O) groups is 1. The maximum atomic E-state index is 11.4. The van der Waals surface area contributed by atoms with E-state index in [1.807, 2.05) is 6.07 Å². The van der Waals surface area contributed by atoms with Crippen molar-refractivity contribution in [1.29, 1.82) is 0 Å². The monoisotopic (exact) mass is 233 g/mol. The highest BCUT2D eigenvalue weighted by molar-refractivity contribution is 5.94. The van der Waals surface area contributed by atoms with E-state index in [4.69, 9.17) is 15.2 Å². The number of nitrogens with two attached hydrogens (primary N) is 1. The molecule has 1 aliphatic rings. The van der Waals surface area contributed by atoms with Gasteiger partial charge in [-0.05, 0) is 23.3 Å². The summed E-state index contributed by atoms with van der Waals surface area (Å²) < 4.78 is 10.9. The van der Waals surface area contributed by atoms with Gasteiger partial charge < -0.3 is 15.2 Å². The highest BCUT2D eigenvalue weighted by Gasteiger charge is 2.21. The van der Waals surface area contributed by atoms with Gasteiger partial charge in [-0.15, -0.1) is 0 Å². The molecule has 1 aromatic rings. The highest BCUT2D eigenvalue weighted by atomic mass is 16.6. The fourth-order valence-electron chi connectivity index (χ4n) is 1.87. The number of carbonyl (C=O) groups excluding carboxylic acids is 1. The average molecular weight is 233 g/mol. The van der Waals surface area contributed by atoms with Crippen LogP contribution < -0.4 is 5.73 Å². The van der Waals surface area contributed by atoms with Gasteiger partial charge in [0.25, 0.3) is 0 Å². The van der Waals surface area contributed by atoms with Gasteiger partial charge in [0.15, 0.2) is 0 Å². The van der Waals surface area contributed by atoms with Gasteiger partial charge in [-0.25, -0.2) is 0 Å². The van der Waals surface area contributed by atoms with Crippen LogP contribution in [0.5, 0.6) is 0 Å². The number of benzene rings is 1. The lowest BCUT2D eigenvalue weighted by molar-refractivity contribution is -0.0903. The Morgan fingerprint density at radius 2 is 2.29 bits per heavy atom. The Kier molecular flexibility index (Phi) is 3.56. The summed E-state index contributed by atoms with van der Waals surface area (Å²) in [6, 6.07) is 5.37. The van der Waals surface area contributed by atoms with Crippen LogP contribution in [-0.4, -0.2) is 25.7 Å². The van der Waals surface area contributed by atoms with Crippen LogP contribution in [0.1, 0.15) is 27.6 Å². The van der Waals surface area contributed by atoms with E-state index in [-0.39, 0.29) is 6.10 Å². The van der Waals surface area contributed by atoms with E-state index in [9.17, 15) is 4.79 Å². The van der Waals surface area contributed by atoms with Crippen LogP contribution in [0, 0.1) is 0 Å². The van der Waals surface area contributed by atoms with Crippen molar-refractivity contribution in [2.24, 2.45) is 5.73 Å². The van der Waals surface area contributed by atoms with Crippen LogP contribution in [0.15, 0.2) is 24.8 Å². The van der Waals surface area contributed by atoms with Gasteiger partial charge in [0.05, 0.1) is 19.8 Å². The Balaban J connectivity index is 2.39. The first-order chi connectivity index (χ1) is 8.22. The smallest absolute Gasteiger partial charge is 0.249 e. The minimum atomic E-state index is -0.454. The summed E-state index contributed by atoms with van der Waals surface area (Å²) in [5.74, 6) is -0.454. The Bertz CT molecular complexity index is 436. The number of hydrogen-bond donors (Lipinski definition) is 1. The van der Waals surface area contributed by atoms with Crippen molar-refractivity contribution < 1.29 is 14.3 Å². The van der Waals surface area contributed by atoms with E-state index in [2.05, 4.69) is 6.58 Å². The topological polar surface area (TPSA) is 61.6 Å². The maximum Gasteiger partial charge on any atom is 0.249 e. The van der Waals surface area contributed by atoms with Gasteiger partial charge in [-0.1, -0.05) is 18.7 Å². The van der Waals surface area contributed by atoms with Crippen molar-refractivity contribution in [3.63, 3.8) is 0 Å². The van der Waals surface area contributed by atoms with E-state index in [0.29, 0.717) is 25.4 Å². The van der Waals surface area contributed by atoms with Crippen LogP contribution in [0.4, 0.5) is 0 Å². The number of rotatable bonds is 3. The van der Waals surface area contributed by atoms with Crippen molar-refractivity contribution in [3.05, 3.63) is 41.5 Å². The van der Waals surface area contributed by atoms with Crippen molar-refractivity contribution in [2.75, 3.05) is 19.8 Å². The minimum Gasteiger partial charge on any atom is -0.376 e. The van der Waals surface area contributed by atoms with Gasteiger partial charge in [0.2, 0.25) is 5.91 Å². The maximum absolute atomic E-state index is 11.4. The lowest BCUT2D eigenvalue weighted by Crippen LogP contribution is -2.25. The molecule has 0 radical (unpaired) electrons. The molecule has 2 N–H and O–H groups in total. The summed E-state index contributed by atoms with van der Waals surface area (Å²) in [5, 5.41) is 0. The largest absolute Gasteiger partial charge is 0.376 e. The molecule has 1 heterocycles. The fourth-order valence-corrected chi connectivity index (χ4v) is 1.87. The molecule has 0 aromatic heterocycles. The molecule has 1 saturated heterocycles. The van der Waals surface area contributed by atoms with Crippen molar-refractivity contribution in [1.82, 2.24) is 0 Å². The molecule has 4 heteroatoms. The molecule has 0 aliphatic carbocycles. The summed E-state index contributed by atoms with van der Waals surface area (Å²) in [6.45, 7) is 5.26. The van der Waals surface area contributed by atoms with Crippen molar-refractivity contribution in [3.8, 4) is 0 Å². The van der Waals surface area contributed by atoms with Crippen molar-refractivity contribution >= 4 is 12.0 Å². The van der Waals surface area contributed by atoms with Crippen LogP contribution in [-0.2, 0) is 9.47 Å². The zero-order chi connectivity index (χ0) is 12.3. The third kappa shape index (κ3) is 2.54. The fraction of sp³-hybridized carbons (Fsp3) is 0.308. The molecule has 0 spiro atoms.